The average Bonchev–Trinajstić information content (AvgIpc) is 2.46. The van der Waals surface area contributed by atoms with Crippen molar-refractivity contribution in [2.75, 3.05) is 32.1 Å². The molecule has 0 N–H and O–H groups in total. The van der Waals surface area contributed by atoms with Crippen molar-refractivity contribution >= 4 is 11.4 Å². The van der Waals surface area contributed by atoms with Gasteiger partial charge >= 0.3 is 0 Å². The zero-order valence-corrected chi connectivity index (χ0v) is 11.7. The van der Waals surface area contributed by atoms with Gasteiger partial charge in [0.05, 0.1) is 4.92 Å². The third kappa shape index (κ3) is 2.89. The second-order valence-electron chi connectivity index (χ2n) is 5.25. The van der Waals surface area contributed by atoms with Gasteiger partial charge in [-0.2, -0.15) is 5.26 Å². The van der Waals surface area contributed by atoms with E-state index in [-0.39, 0.29) is 11.3 Å². The minimum absolute atomic E-state index is 0.111. The predicted octanol–water partition coefficient (Wildman–Crippen LogP) is 2.00. The molecular formula is C14H18N4O2. The Balaban J connectivity index is 2.17. The zero-order chi connectivity index (χ0) is 14.7. The van der Waals surface area contributed by atoms with Gasteiger partial charge in [-0.15, -0.1) is 0 Å². The summed E-state index contributed by atoms with van der Waals surface area (Å²) in [6, 6.07) is 7.27. The van der Waals surface area contributed by atoms with Crippen LogP contribution in [-0.2, 0) is 0 Å². The van der Waals surface area contributed by atoms with Gasteiger partial charge in [-0.3, -0.25) is 10.1 Å². The van der Waals surface area contributed by atoms with Crippen molar-refractivity contribution in [1.29, 1.82) is 5.26 Å². The lowest BCUT2D eigenvalue weighted by molar-refractivity contribution is -0.385. The molecule has 106 valence electrons. The first-order valence-electron chi connectivity index (χ1n) is 6.63. The molecule has 2 rings (SSSR count). The van der Waals surface area contributed by atoms with E-state index in [1.54, 1.807) is 6.07 Å². The summed E-state index contributed by atoms with van der Waals surface area (Å²) in [7, 11) is 4.15. The van der Waals surface area contributed by atoms with Crippen LogP contribution < -0.4 is 4.90 Å². The highest BCUT2D eigenvalue weighted by atomic mass is 16.6. The summed E-state index contributed by atoms with van der Waals surface area (Å²) < 4.78 is 0. The lowest BCUT2D eigenvalue weighted by Gasteiger charge is -2.36. The molecule has 0 atom stereocenters. The first-order chi connectivity index (χ1) is 9.52. The summed E-state index contributed by atoms with van der Waals surface area (Å²) in [6.45, 7) is 1.76. The van der Waals surface area contributed by atoms with E-state index in [1.165, 1.54) is 12.1 Å². The first kappa shape index (κ1) is 14.3. The predicted molar refractivity (Wildman–Crippen MR) is 76.7 cm³/mol. The van der Waals surface area contributed by atoms with Crippen LogP contribution in [0.25, 0.3) is 0 Å². The van der Waals surface area contributed by atoms with Crippen LogP contribution in [0.5, 0.6) is 0 Å². The molecule has 0 saturated carbocycles. The summed E-state index contributed by atoms with van der Waals surface area (Å²) in [5.41, 5.74) is 0.828. The highest BCUT2D eigenvalue weighted by Gasteiger charge is 2.23. The second-order valence-corrected chi connectivity index (χ2v) is 5.25. The molecule has 0 amide bonds. The fourth-order valence-corrected chi connectivity index (χ4v) is 2.60. The molecule has 0 aliphatic carbocycles. The van der Waals surface area contributed by atoms with E-state index in [1.807, 2.05) is 6.07 Å². The number of nitriles is 1. The average molecular weight is 274 g/mol. The van der Waals surface area contributed by atoms with Crippen molar-refractivity contribution in [3.63, 3.8) is 0 Å². The summed E-state index contributed by atoms with van der Waals surface area (Å²) >= 11 is 0. The minimum atomic E-state index is -0.491. The number of benzene rings is 1. The largest absolute Gasteiger partial charge is 0.371 e. The van der Waals surface area contributed by atoms with Gasteiger partial charge in [-0.1, -0.05) is 0 Å². The normalized spacial score (nSPS) is 16.2. The number of rotatable bonds is 3. The Kier molecular flexibility index (Phi) is 4.20. The van der Waals surface area contributed by atoms with Crippen LogP contribution in [0.1, 0.15) is 18.4 Å². The van der Waals surface area contributed by atoms with Gasteiger partial charge in [0.15, 0.2) is 0 Å². The summed E-state index contributed by atoms with van der Waals surface area (Å²) in [5.74, 6) is 0. The van der Waals surface area contributed by atoms with Crippen LogP contribution in [0, 0.1) is 21.4 Å². The highest BCUT2D eigenvalue weighted by molar-refractivity contribution is 5.60. The number of nitro groups is 1. The van der Waals surface area contributed by atoms with E-state index in [2.05, 4.69) is 23.9 Å². The van der Waals surface area contributed by atoms with Crippen LogP contribution in [0.2, 0.25) is 0 Å². The number of hydrogen-bond acceptors (Lipinski definition) is 5. The number of piperidine rings is 1. The number of hydrogen-bond donors (Lipinski definition) is 0. The van der Waals surface area contributed by atoms with Gasteiger partial charge in [0.25, 0.3) is 5.69 Å². The van der Waals surface area contributed by atoms with Crippen molar-refractivity contribution in [3.8, 4) is 6.07 Å². The van der Waals surface area contributed by atoms with Gasteiger partial charge in [0.2, 0.25) is 0 Å². The van der Waals surface area contributed by atoms with E-state index in [4.69, 9.17) is 5.26 Å². The van der Waals surface area contributed by atoms with Gasteiger partial charge < -0.3 is 9.80 Å². The van der Waals surface area contributed by atoms with Gasteiger partial charge in [-0.05, 0) is 39.1 Å². The molecule has 6 nitrogen and oxygen atoms in total. The summed E-state index contributed by atoms with van der Waals surface area (Å²) in [6.07, 6.45) is 2.08. The summed E-state index contributed by atoms with van der Waals surface area (Å²) in [5, 5.41) is 19.9. The molecule has 0 bridgehead atoms. The number of anilines is 1. The molecular weight excluding hydrogens is 256 g/mol. The molecule has 1 saturated heterocycles. The van der Waals surface area contributed by atoms with Crippen LogP contribution >= 0.6 is 0 Å². The topological polar surface area (TPSA) is 73.4 Å². The standard InChI is InChI=1S/C14H18N4O2/c1-16(2)12-5-7-17(8-6-12)13-4-3-11(10-15)14(9-13)18(19)20/h3-4,9,12H,5-8H2,1-2H3. The molecule has 0 unspecified atom stereocenters. The molecule has 1 aliphatic heterocycles. The SMILES string of the molecule is CN(C)C1CCN(c2ccc(C#N)c([N+](=O)[O-])c2)CC1. The van der Waals surface area contributed by atoms with E-state index in [0.717, 1.165) is 31.6 Å². The van der Waals surface area contributed by atoms with E-state index in [0.29, 0.717) is 6.04 Å². The van der Waals surface area contributed by atoms with Crippen molar-refractivity contribution in [1.82, 2.24) is 4.90 Å². The smallest absolute Gasteiger partial charge is 0.289 e. The quantitative estimate of drug-likeness (QED) is 0.622. The molecule has 6 heteroatoms. The molecule has 1 heterocycles. The third-order valence-electron chi connectivity index (χ3n) is 3.86. The molecule has 1 aliphatic rings. The van der Waals surface area contributed by atoms with E-state index >= 15 is 0 Å². The molecule has 1 fully saturated rings. The molecule has 0 spiro atoms. The van der Waals surface area contributed by atoms with E-state index in [9.17, 15) is 10.1 Å². The van der Waals surface area contributed by atoms with Crippen LogP contribution in [0.4, 0.5) is 11.4 Å². The Bertz CT molecular complexity index is 543. The highest BCUT2D eigenvalue weighted by Crippen LogP contribution is 2.27. The van der Waals surface area contributed by atoms with E-state index < -0.39 is 4.92 Å². The Labute approximate surface area is 118 Å². The Morgan fingerprint density at radius 1 is 1.40 bits per heavy atom. The number of nitro benzene ring substituents is 1. The van der Waals surface area contributed by atoms with Gasteiger partial charge in [-0.25, -0.2) is 0 Å². The Morgan fingerprint density at radius 2 is 2.05 bits per heavy atom. The lowest BCUT2D eigenvalue weighted by atomic mass is 10.0. The molecule has 20 heavy (non-hydrogen) atoms. The van der Waals surface area contributed by atoms with Crippen molar-refractivity contribution in [2.24, 2.45) is 0 Å². The van der Waals surface area contributed by atoms with Crippen LogP contribution in [-0.4, -0.2) is 43.0 Å². The molecule has 0 aromatic heterocycles. The van der Waals surface area contributed by atoms with Crippen LogP contribution in [0.3, 0.4) is 0 Å². The lowest BCUT2D eigenvalue weighted by Crippen LogP contribution is -2.42. The molecule has 1 aromatic rings. The molecule has 1 aromatic carbocycles. The number of nitrogens with zero attached hydrogens (tertiary/aromatic N) is 4. The summed E-state index contributed by atoms with van der Waals surface area (Å²) in [4.78, 5) is 14.9. The van der Waals surface area contributed by atoms with Gasteiger partial charge in [0, 0.05) is 30.9 Å². The maximum atomic E-state index is 11.0. The van der Waals surface area contributed by atoms with Crippen molar-refractivity contribution in [2.45, 2.75) is 18.9 Å². The van der Waals surface area contributed by atoms with Crippen molar-refractivity contribution < 1.29 is 4.92 Å². The second kappa shape index (κ2) is 5.88. The Hall–Kier alpha value is -2.13. The minimum Gasteiger partial charge on any atom is -0.371 e. The zero-order valence-electron chi connectivity index (χ0n) is 11.7. The maximum absolute atomic E-state index is 11.0. The fraction of sp³-hybridized carbons (Fsp3) is 0.500. The van der Waals surface area contributed by atoms with Crippen molar-refractivity contribution in [3.05, 3.63) is 33.9 Å². The maximum Gasteiger partial charge on any atom is 0.289 e. The van der Waals surface area contributed by atoms with Crippen LogP contribution in [0.15, 0.2) is 18.2 Å². The third-order valence-corrected chi connectivity index (χ3v) is 3.86. The molecule has 0 radical (unpaired) electrons. The monoisotopic (exact) mass is 274 g/mol. The Morgan fingerprint density at radius 3 is 2.55 bits per heavy atom. The fourth-order valence-electron chi connectivity index (χ4n) is 2.60. The van der Waals surface area contributed by atoms with Gasteiger partial charge in [0.1, 0.15) is 11.6 Å². The first-order valence-corrected chi connectivity index (χ1v) is 6.63.